The van der Waals surface area contributed by atoms with Crippen LogP contribution in [0, 0.1) is 5.92 Å². The van der Waals surface area contributed by atoms with Gasteiger partial charge < -0.3 is 14.9 Å². The third kappa shape index (κ3) is 2.49. The van der Waals surface area contributed by atoms with E-state index in [2.05, 4.69) is 12.6 Å². The van der Waals surface area contributed by atoms with E-state index < -0.39 is 7.12 Å². The standard InChI is InChI=1S/C11H14BNO3S/c14-11-5-8(7-17)6-13(11)10-4-2-1-3-9(10)12(15)16/h1-4,8,15-17H,5-7H2. The molecule has 0 saturated carbocycles. The van der Waals surface area contributed by atoms with Crippen LogP contribution in [0.2, 0.25) is 0 Å². The maximum Gasteiger partial charge on any atom is 0.490 e. The van der Waals surface area contributed by atoms with E-state index in [1.54, 1.807) is 29.2 Å². The largest absolute Gasteiger partial charge is 0.490 e. The SMILES string of the molecule is O=C1CC(CS)CN1c1ccccc1B(O)O. The molecular formula is C11H14BNO3S. The van der Waals surface area contributed by atoms with Gasteiger partial charge in [-0.2, -0.15) is 12.6 Å². The van der Waals surface area contributed by atoms with Crippen molar-refractivity contribution in [3.63, 3.8) is 0 Å². The third-order valence-corrected chi connectivity index (χ3v) is 3.49. The smallest absolute Gasteiger partial charge is 0.423 e. The number of benzene rings is 1. The van der Waals surface area contributed by atoms with Gasteiger partial charge in [0.25, 0.3) is 0 Å². The second-order valence-electron chi connectivity index (χ2n) is 4.19. The van der Waals surface area contributed by atoms with Gasteiger partial charge in [-0.3, -0.25) is 4.79 Å². The van der Waals surface area contributed by atoms with Crippen LogP contribution in [-0.4, -0.2) is 35.4 Å². The summed E-state index contributed by atoms with van der Waals surface area (Å²) in [6, 6.07) is 6.84. The zero-order valence-corrected chi connectivity index (χ0v) is 10.2. The van der Waals surface area contributed by atoms with Crippen molar-refractivity contribution in [2.75, 3.05) is 17.2 Å². The molecule has 0 radical (unpaired) electrons. The van der Waals surface area contributed by atoms with Gasteiger partial charge in [-0.25, -0.2) is 0 Å². The van der Waals surface area contributed by atoms with Crippen molar-refractivity contribution in [1.29, 1.82) is 0 Å². The monoisotopic (exact) mass is 251 g/mol. The van der Waals surface area contributed by atoms with Gasteiger partial charge in [0.2, 0.25) is 5.91 Å². The van der Waals surface area contributed by atoms with Gasteiger partial charge in [0.05, 0.1) is 0 Å². The number of carbonyl (C=O) groups excluding carboxylic acids is 1. The maximum atomic E-state index is 11.8. The summed E-state index contributed by atoms with van der Waals surface area (Å²) >= 11 is 4.20. The molecule has 1 heterocycles. The fourth-order valence-electron chi connectivity index (χ4n) is 2.09. The Morgan fingerprint density at radius 2 is 2.12 bits per heavy atom. The van der Waals surface area contributed by atoms with Crippen molar-refractivity contribution in [3.8, 4) is 0 Å². The molecule has 17 heavy (non-hydrogen) atoms. The Kier molecular flexibility index (Phi) is 3.76. The quantitative estimate of drug-likeness (QED) is 0.508. The van der Waals surface area contributed by atoms with Crippen molar-refractivity contribution in [1.82, 2.24) is 0 Å². The van der Waals surface area contributed by atoms with E-state index in [1.807, 2.05) is 0 Å². The molecule has 2 N–H and O–H groups in total. The summed E-state index contributed by atoms with van der Waals surface area (Å²) in [4.78, 5) is 13.5. The molecule has 0 aromatic heterocycles. The molecule has 2 rings (SSSR count). The number of carbonyl (C=O) groups is 1. The van der Waals surface area contributed by atoms with E-state index >= 15 is 0 Å². The van der Waals surface area contributed by atoms with Gasteiger partial charge in [-0.05, 0) is 17.7 Å². The van der Waals surface area contributed by atoms with Crippen LogP contribution >= 0.6 is 12.6 Å². The van der Waals surface area contributed by atoms with Crippen LogP contribution in [0.4, 0.5) is 5.69 Å². The van der Waals surface area contributed by atoms with E-state index in [4.69, 9.17) is 0 Å². The van der Waals surface area contributed by atoms with Gasteiger partial charge in [0.15, 0.2) is 0 Å². The van der Waals surface area contributed by atoms with E-state index in [1.165, 1.54) is 0 Å². The van der Waals surface area contributed by atoms with Crippen LogP contribution in [-0.2, 0) is 4.79 Å². The lowest BCUT2D eigenvalue weighted by Gasteiger charge is -2.20. The Hall–Kier alpha value is -0.975. The summed E-state index contributed by atoms with van der Waals surface area (Å²) in [5, 5.41) is 18.6. The molecule has 1 aromatic rings. The highest BCUT2D eigenvalue weighted by Gasteiger charge is 2.32. The van der Waals surface area contributed by atoms with Gasteiger partial charge in [0, 0.05) is 24.1 Å². The molecule has 1 fully saturated rings. The number of rotatable bonds is 3. The van der Waals surface area contributed by atoms with Gasteiger partial charge in [-0.1, -0.05) is 18.2 Å². The Bertz CT molecular complexity index is 427. The van der Waals surface area contributed by atoms with E-state index in [0.29, 0.717) is 29.9 Å². The number of hydrogen-bond donors (Lipinski definition) is 3. The number of amides is 1. The van der Waals surface area contributed by atoms with Crippen LogP contribution in [0.3, 0.4) is 0 Å². The highest BCUT2D eigenvalue weighted by Crippen LogP contribution is 2.24. The van der Waals surface area contributed by atoms with Crippen LogP contribution in [0.5, 0.6) is 0 Å². The molecule has 1 aliphatic heterocycles. The first kappa shape index (κ1) is 12.5. The molecule has 1 amide bonds. The number of thiol groups is 1. The molecule has 1 atom stereocenters. The Morgan fingerprint density at radius 1 is 1.41 bits per heavy atom. The fourth-order valence-corrected chi connectivity index (χ4v) is 2.33. The number of hydrogen-bond acceptors (Lipinski definition) is 4. The Morgan fingerprint density at radius 3 is 2.71 bits per heavy atom. The summed E-state index contributed by atoms with van der Waals surface area (Å²) in [6.07, 6.45) is 0.472. The summed E-state index contributed by atoms with van der Waals surface area (Å²) < 4.78 is 0. The minimum Gasteiger partial charge on any atom is -0.423 e. The number of anilines is 1. The highest BCUT2D eigenvalue weighted by molar-refractivity contribution is 7.80. The number of para-hydroxylation sites is 1. The molecule has 0 aliphatic carbocycles. The second kappa shape index (κ2) is 5.12. The van der Waals surface area contributed by atoms with Crippen molar-refractivity contribution in [2.45, 2.75) is 6.42 Å². The summed E-state index contributed by atoms with van der Waals surface area (Å²) in [6.45, 7) is 0.589. The first-order valence-electron chi connectivity index (χ1n) is 5.49. The average Bonchev–Trinajstić information content (AvgIpc) is 2.70. The first-order chi connectivity index (χ1) is 8.13. The zero-order valence-electron chi connectivity index (χ0n) is 9.28. The lowest BCUT2D eigenvalue weighted by molar-refractivity contribution is -0.117. The molecule has 1 saturated heterocycles. The molecule has 6 heteroatoms. The Balaban J connectivity index is 2.31. The molecule has 1 aliphatic rings. The van der Waals surface area contributed by atoms with E-state index in [0.717, 1.165) is 0 Å². The van der Waals surface area contributed by atoms with Crippen molar-refractivity contribution in [3.05, 3.63) is 24.3 Å². The molecule has 90 valence electrons. The summed E-state index contributed by atoms with van der Waals surface area (Å²) in [5.41, 5.74) is 0.942. The zero-order chi connectivity index (χ0) is 12.4. The highest BCUT2D eigenvalue weighted by atomic mass is 32.1. The van der Waals surface area contributed by atoms with Crippen LogP contribution < -0.4 is 10.4 Å². The minimum absolute atomic E-state index is 0.0113. The first-order valence-corrected chi connectivity index (χ1v) is 6.13. The normalized spacial score (nSPS) is 19.8. The third-order valence-electron chi connectivity index (χ3n) is 2.97. The van der Waals surface area contributed by atoms with E-state index in [9.17, 15) is 14.8 Å². The van der Waals surface area contributed by atoms with Crippen LogP contribution in [0.25, 0.3) is 0 Å². The average molecular weight is 251 g/mol. The molecule has 0 spiro atoms. The molecular weight excluding hydrogens is 237 g/mol. The molecule has 0 bridgehead atoms. The van der Waals surface area contributed by atoms with Gasteiger partial charge in [-0.15, -0.1) is 0 Å². The predicted molar refractivity (Wildman–Crippen MR) is 70.6 cm³/mol. The predicted octanol–water partition coefficient (Wildman–Crippen LogP) is -0.351. The van der Waals surface area contributed by atoms with Crippen molar-refractivity contribution in [2.24, 2.45) is 5.92 Å². The van der Waals surface area contributed by atoms with Gasteiger partial charge >= 0.3 is 7.12 Å². The van der Waals surface area contributed by atoms with Crippen LogP contribution in [0.15, 0.2) is 24.3 Å². The summed E-state index contributed by atoms with van der Waals surface area (Å²) in [7, 11) is -1.56. The second-order valence-corrected chi connectivity index (χ2v) is 4.55. The topological polar surface area (TPSA) is 60.8 Å². The molecule has 1 unspecified atom stereocenters. The maximum absolute atomic E-state index is 11.8. The lowest BCUT2D eigenvalue weighted by atomic mass is 9.78. The summed E-state index contributed by atoms with van der Waals surface area (Å²) in [5.74, 6) is 0.901. The lowest BCUT2D eigenvalue weighted by Crippen LogP contribution is -2.37. The minimum atomic E-state index is -1.56. The fraction of sp³-hybridized carbons (Fsp3) is 0.364. The van der Waals surface area contributed by atoms with E-state index in [-0.39, 0.29) is 11.8 Å². The molecule has 1 aromatic carbocycles. The van der Waals surface area contributed by atoms with Crippen molar-refractivity contribution < 1.29 is 14.8 Å². The molecule has 4 nitrogen and oxygen atoms in total. The van der Waals surface area contributed by atoms with Gasteiger partial charge in [0.1, 0.15) is 0 Å². The Labute approximate surface area is 106 Å². The number of nitrogens with zero attached hydrogens (tertiary/aromatic N) is 1. The van der Waals surface area contributed by atoms with Crippen molar-refractivity contribution >= 4 is 36.8 Å². The van der Waals surface area contributed by atoms with Crippen LogP contribution in [0.1, 0.15) is 6.42 Å².